The Balaban J connectivity index is 4.68. The van der Waals surface area contributed by atoms with Gasteiger partial charge in [-0.05, 0) is 6.92 Å². The first kappa shape index (κ1) is 17.7. The molecule has 19 heavy (non-hydrogen) atoms. The molecule has 0 heterocycles. The van der Waals surface area contributed by atoms with Crippen LogP contribution in [0.5, 0.6) is 0 Å². The smallest absolute Gasteiger partial charge is 0.452 e. The second-order valence-electron chi connectivity index (χ2n) is 3.33. The second-order valence-corrected chi connectivity index (χ2v) is 3.33. The monoisotopic (exact) mass is 296 g/mol. The van der Waals surface area contributed by atoms with Gasteiger partial charge < -0.3 is 9.47 Å². The van der Waals surface area contributed by atoms with Crippen LogP contribution < -0.4 is 0 Å². The van der Waals surface area contributed by atoms with Crippen LogP contribution in [0.4, 0.5) is 26.3 Å². The molecule has 0 aromatic heterocycles. The molecule has 112 valence electrons. The van der Waals surface area contributed by atoms with Crippen molar-refractivity contribution >= 4 is 5.97 Å². The van der Waals surface area contributed by atoms with Gasteiger partial charge in [-0.25, -0.2) is 9.53 Å². The first-order chi connectivity index (χ1) is 8.34. The third-order valence-corrected chi connectivity index (χ3v) is 1.59. The average molecular weight is 296 g/mol. The number of ether oxygens (including phenoxy) is 3. The van der Waals surface area contributed by atoms with Gasteiger partial charge in [0.2, 0.25) is 0 Å². The first-order valence-corrected chi connectivity index (χ1v) is 4.56. The largest absolute Gasteiger partial charge is 0.453 e. The Morgan fingerprint density at radius 2 is 1.58 bits per heavy atom. The van der Waals surface area contributed by atoms with Gasteiger partial charge in [-0.15, -0.1) is 0 Å². The van der Waals surface area contributed by atoms with E-state index in [9.17, 15) is 31.1 Å². The molecule has 0 bridgehead atoms. The Morgan fingerprint density at radius 1 is 1.11 bits per heavy atom. The van der Waals surface area contributed by atoms with E-state index in [4.69, 9.17) is 0 Å². The molecule has 0 fully saturated rings. The number of esters is 1. The van der Waals surface area contributed by atoms with E-state index in [2.05, 4.69) is 20.8 Å². The summed E-state index contributed by atoms with van der Waals surface area (Å²) in [5, 5.41) is 0. The summed E-state index contributed by atoms with van der Waals surface area (Å²) in [6.45, 7) is 2.16. The average Bonchev–Trinajstić information content (AvgIpc) is 2.24. The lowest BCUT2D eigenvalue weighted by molar-refractivity contribution is -0.479. The van der Waals surface area contributed by atoms with Crippen LogP contribution in [0.25, 0.3) is 0 Å². The van der Waals surface area contributed by atoms with Gasteiger partial charge in [0.1, 0.15) is 0 Å². The molecule has 0 atom stereocenters. The number of methoxy groups -OCH3 is 1. The molecule has 0 unspecified atom stereocenters. The van der Waals surface area contributed by atoms with E-state index in [0.29, 0.717) is 0 Å². The lowest BCUT2D eigenvalue weighted by atomic mass is 10.4. The minimum Gasteiger partial charge on any atom is -0.453 e. The van der Waals surface area contributed by atoms with Crippen molar-refractivity contribution in [2.24, 2.45) is 0 Å². The van der Waals surface area contributed by atoms with Gasteiger partial charge in [0.25, 0.3) is 0 Å². The van der Waals surface area contributed by atoms with Gasteiger partial charge in [0.05, 0.1) is 0 Å². The van der Waals surface area contributed by atoms with Gasteiger partial charge in [-0.2, -0.15) is 26.3 Å². The van der Waals surface area contributed by atoms with Crippen LogP contribution in [0.2, 0.25) is 0 Å². The van der Waals surface area contributed by atoms with Crippen LogP contribution in [0.15, 0.2) is 12.2 Å². The van der Waals surface area contributed by atoms with Crippen molar-refractivity contribution in [2.45, 2.75) is 25.2 Å². The topological polar surface area (TPSA) is 44.8 Å². The maximum Gasteiger partial charge on any atom is 0.452 e. The molecule has 0 N–H and O–H groups in total. The molecule has 0 saturated heterocycles. The van der Waals surface area contributed by atoms with Crippen molar-refractivity contribution in [3.05, 3.63) is 12.2 Å². The molecule has 0 aliphatic heterocycles. The van der Waals surface area contributed by atoms with Crippen molar-refractivity contribution in [3.63, 3.8) is 0 Å². The summed E-state index contributed by atoms with van der Waals surface area (Å²) >= 11 is 0. The Bertz CT molecular complexity index is 355. The lowest BCUT2D eigenvalue weighted by Crippen LogP contribution is -2.49. The summed E-state index contributed by atoms with van der Waals surface area (Å²) in [5.41, 5.74) is -0.287. The van der Waals surface area contributed by atoms with Crippen LogP contribution in [0.1, 0.15) is 6.92 Å². The molecule has 0 radical (unpaired) electrons. The number of carbonyl (C=O) groups excluding carboxylic acids is 1. The van der Waals surface area contributed by atoms with Gasteiger partial charge in [0.15, 0.2) is 6.61 Å². The highest BCUT2D eigenvalue weighted by molar-refractivity contribution is 5.86. The van der Waals surface area contributed by atoms with Crippen molar-refractivity contribution in [2.75, 3.05) is 13.7 Å². The number of alkyl halides is 6. The molecule has 0 spiro atoms. The molecule has 0 aliphatic rings. The van der Waals surface area contributed by atoms with Crippen LogP contribution in [0.3, 0.4) is 0 Å². The van der Waals surface area contributed by atoms with Gasteiger partial charge >= 0.3 is 24.3 Å². The standard InChI is InChI=1S/C9H10F6O4/c1-5(2)6(16)18-4-7(10,11)19-9(14,15)8(12,13)17-3/h1,4H2,2-3H3. The molecule has 0 saturated carbocycles. The molecular weight excluding hydrogens is 286 g/mol. The first-order valence-electron chi connectivity index (χ1n) is 4.56. The zero-order valence-corrected chi connectivity index (χ0v) is 9.81. The highest BCUT2D eigenvalue weighted by atomic mass is 19.3. The van der Waals surface area contributed by atoms with Crippen molar-refractivity contribution in [1.29, 1.82) is 0 Å². The molecule has 0 aromatic rings. The minimum absolute atomic E-state index is 0.177. The number of hydrogen-bond acceptors (Lipinski definition) is 4. The summed E-state index contributed by atoms with van der Waals surface area (Å²) in [6, 6.07) is 0. The summed E-state index contributed by atoms with van der Waals surface area (Å²) in [5.74, 6) is -1.31. The maximum absolute atomic E-state index is 12.8. The molecule has 0 aliphatic carbocycles. The fourth-order valence-corrected chi connectivity index (χ4v) is 0.668. The number of hydrogen-bond donors (Lipinski definition) is 0. The number of halogens is 6. The van der Waals surface area contributed by atoms with Gasteiger partial charge in [-0.1, -0.05) is 6.58 Å². The fourth-order valence-electron chi connectivity index (χ4n) is 0.668. The van der Waals surface area contributed by atoms with E-state index in [-0.39, 0.29) is 12.7 Å². The molecule has 0 amide bonds. The predicted molar refractivity (Wildman–Crippen MR) is 48.7 cm³/mol. The number of carbonyl (C=O) groups is 1. The Morgan fingerprint density at radius 3 is 1.95 bits per heavy atom. The van der Waals surface area contributed by atoms with Gasteiger partial charge in [0, 0.05) is 12.7 Å². The maximum atomic E-state index is 12.8. The Hall–Kier alpha value is -1.29. The Kier molecular flexibility index (Phi) is 5.39. The third kappa shape index (κ3) is 5.07. The van der Waals surface area contributed by atoms with E-state index < -0.39 is 30.9 Å². The van der Waals surface area contributed by atoms with E-state index >= 15 is 0 Å². The minimum atomic E-state index is -5.61. The van der Waals surface area contributed by atoms with Gasteiger partial charge in [-0.3, -0.25) is 0 Å². The van der Waals surface area contributed by atoms with E-state index in [1.807, 2.05) is 0 Å². The van der Waals surface area contributed by atoms with E-state index in [1.54, 1.807) is 0 Å². The zero-order chi connectivity index (χ0) is 15.5. The highest BCUT2D eigenvalue weighted by Gasteiger charge is 2.63. The SMILES string of the molecule is C=C(C)C(=O)OCC(F)(F)OC(F)(F)C(F)(F)OC. The van der Waals surface area contributed by atoms with E-state index in [1.165, 1.54) is 0 Å². The summed E-state index contributed by atoms with van der Waals surface area (Å²) in [7, 11) is 0.177. The highest BCUT2D eigenvalue weighted by Crippen LogP contribution is 2.39. The van der Waals surface area contributed by atoms with Crippen LogP contribution in [0, 0.1) is 0 Å². The summed E-state index contributed by atoms with van der Waals surface area (Å²) in [4.78, 5) is 10.7. The van der Waals surface area contributed by atoms with Crippen molar-refractivity contribution in [1.82, 2.24) is 0 Å². The number of rotatable bonds is 7. The van der Waals surface area contributed by atoms with E-state index in [0.717, 1.165) is 6.92 Å². The van der Waals surface area contributed by atoms with Crippen LogP contribution in [-0.2, 0) is 19.0 Å². The molecule has 10 heteroatoms. The van der Waals surface area contributed by atoms with Crippen molar-refractivity contribution in [3.8, 4) is 0 Å². The Labute approximate surface area is 103 Å². The zero-order valence-electron chi connectivity index (χ0n) is 9.81. The second kappa shape index (κ2) is 5.78. The molecule has 0 rings (SSSR count). The normalized spacial score (nSPS) is 13.3. The molecule has 4 nitrogen and oxygen atoms in total. The summed E-state index contributed by atoms with van der Waals surface area (Å²) in [6.07, 6.45) is -15.7. The quantitative estimate of drug-likeness (QED) is 0.411. The van der Waals surface area contributed by atoms with Crippen LogP contribution >= 0.6 is 0 Å². The fraction of sp³-hybridized carbons (Fsp3) is 0.667. The lowest BCUT2D eigenvalue weighted by Gasteiger charge is -2.27. The predicted octanol–water partition coefficient (Wildman–Crippen LogP) is 2.55. The molecular formula is C9H10F6O4. The molecule has 0 aromatic carbocycles. The summed E-state index contributed by atoms with van der Waals surface area (Å²) < 4.78 is 85.3. The van der Waals surface area contributed by atoms with Crippen LogP contribution in [-0.4, -0.2) is 38.0 Å². The van der Waals surface area contributed by atoms with Crippen molar-refractivity contribution < 1.29 is 45.3 Å². The third-order valence-electron chi connectivity index (χ3n) is 1.59.